The van der Waals surface area contributed by atoms with Gasteiger partial charge in [-0.1, -0.05) is 130 Å². The van der Waals surface area contributed by atoms with Crippen molar-refractivity contribution < 1.29 is 33.7 Å². The fourth-order valence-electron chi connectivity index (χ4n) is 6.46. The quantitative estimate of drug-likeness (QED) is 0.0378. The lowest BCUT2D eigenvalue weighted by molar-refractivity contribution is -0.150. The van der Waals surface area contributed by atoms with Crippen LogP contribution in [-0.2, 0) is 28.6 Å². The molecule has 0 rings (SSSR count). The van der Waals surface area contributed by atoms with E-state index in [-0.39, 0.29) is 43.5 Å². The van der Waals surface area contributed by atoms with E-state index in [1.54, 1.807) is 0 Å². The molecule has 0 bridgehead atoms. The van der Waals surface area contributed by atoms with Gasteiger partial charge in [0.1, 0.15) is 6.10 Å². The SMILES string of the molecule is CCCCCCCCC(CCCCCCCC)OC(=O)CCCCCCCN(CCO)CCCCOC(=O)CCCC(=O)OCCCCCCC. The van der Waals surface area contributed by atoms with Gasteiger partial charge in [-0.25, -0.2) is 0 Å². The monoisotopic (exact) mass is 726 g/mol. The molecule has 0 aliphatic heterocycles. The van der Waals surface area contributed by atoms with E-state index in [9.17, 15) is 19.5 Å². The highest BCUT2D eigenvalue weighted by Crippen LogP contribution is 2.18. The molecule has 0 atom stereocenters. The van der Waals surface area contributed by atoms with Crippen molar-refractivity contribution in [1.82, 2.24) is 4.90 Å². The molecule has 0 spiro atoms. The number of hydrogen-bond donors (Lipinski definition) is 1. The van der Waals surface area contributed by atoms with Crippen molar-refractivity contribution >= 4 is 17.9 Å². The molecule has 51 heavy (non-hydrogen) atoms. The molecule has 8 nitrogen and oxygen atoms in total. The van der Waals surface area contributed by atoms with Crippen molar-refractivity contribution in [1.29, 1.82) is 0 Å². The largest absolute Gasteiger partial charge is 0.466 e. The van der Waals surface area contributed by atoms with E-state index >= 15 is 0 Å². The summed E-state index contributed by atoms with van der Waals surface area (Å²) in [6, 6.07) is 0. The van der Waals surface area contributed by atoms with Crippen LogP contribution in [0.15, 0.2) is 0 Å². The fourth-order valence-corrected chi connectivity index (χ4v) is 6.46. The third-order valence-corrected chi connectivity index (χ3v) is 9.73. The van der Waals surface area contributed by atoms with Gasteiger partial charge in [-0.2, -0.15) is 0 Å². The third kappa shape index (κ3) is 36.5. The zero-order chi connectivity index (χ0) is 37.5. The van der Waals surface area contributed by atoms with E-state index in [0.29, 0.717) is 32.6 Å². The normalized spacial score (nSPS) is 11.4. The number of carbonyl (C=O) groups excluding carboxylic acids is 3. The maximum absolute atomic E-state index is 12.7. The molecule has 0 aromatic carbocycles. The van der Waals surface area contributed by atoms with Gasteiger partial charge >= 0.3 is 17.9 Å². The summed E-state index contributed by atoms with van der Waals surface area (Å²) < 4.78 is 16.6. The summed E-state index contributed by atoms with van der Waals surface area (Å²) >= 11 is 0. The van der Waals surface area contributed by atoms with E-state index in [4.69, 9.17) is 14.2 Å². The maximum Gasteiger partial charge on any atom is 0.306 e. The first-order valence-corrected chi connectivity index (χ1v) is 21.8. The van der Waals surface area contributed by atoms with Crippen LogP contribution in [-0.4, -0.2) is 73.5 Å². The standard InChI is InChI=1S/C43H83NO7/c1-4-7-10-13-16-21-29-40(30-22-17-14-11-8-5-2)51-43(48)31-23-18-15-19-24-34-44(36-37-45)35-25-27-39-50-42(47)33-28-32-41(46)49-38-26-20-12-9-6-3/h40,45H,4-39H2,1-3H3. The zero-order valence-electron chi connectivity index (χ0n) is 33.9. The van der Waals surface area contributed by atoms with Crippen LogP contribution >= 0.6 is 0 Å². The number of unbranched alkanes of at least 4 members (excludes halogenated alkanes) is 19. The van der Waals surface area contributed by atoms with Gasteiger partial charge in [-0.3, -0.25) is 14.4 Å². The minimum atomic E-state index is -0.260. The van der Waals surface area contributed by atoms with E-state index in [2.05, 4.69) is 25.7 Å². The highest BCUT2D eigenvalue weighted by atomic mass is 16.5. The Bertz CT molecular complexity index is 761. The Kier molecular flexibility index (Phi) is 38.2. The second-order valence-corrected chi connectivity index (χ2v) is 14.7. The summed E-state index contributed by atoms with van der Waals surface area (Å²) in [5.41, 5.74) is 0. The molecule has 0 radical (unpaired) electrons. The average Bonchev–Trinajstić information content (AvgIpc) is 3.11. The molecule has 0 aromatic heterocycles. The lowest BCUT2D eigenvalue weighted by Crippen LogP contribution is -2.29. The summed E-state index contributed by atoms with van der Waals surface area (Å²) in [4.78, 5) is 38.8. The first-order chi connectivity index (χ1) is 25.0. The van der Waals surface area contributed by atoms with Crippen LogP contribution in [0.4, 0.5) is 0 Å². The molecule has 302 valence electrons. The third-order valence-electron chi connectivity index (χ3n) is 9.73. The summed E-state index contributed by atoms with van der Waals surface area (Å²) in [6.45, 7) is 10.1. The van der Waals surface area contributed by atoms with E-state index < -0.39 is 0 Å². The first kappa shape index (κ1) is 49.3. The van der Waals surface area contributed by atoms with Crippen LogP contribution in [0.25, 0.3) is 0 Å². The number of aliphatic hydroxyl groups excluding tert-OH is 1. The molecular formula is C43H83NO7. The van der Waals surface area contributed by atoms with Crippen LogP contribution in [0.1, 0.15) is 213 Å². The summed E-state index contributed by atoms with van der Waals surface area (Å²) in [5.74, 6) is -0.507. The lowest BCUT2D eigenvalue weighted by Gasteiger charge is -2.21. The van der Waals surface area contributed by atoms with Crippen molar-refractivity contribution in [2.45, 2.75) is 219 Å². The molecule has 0 saturated heterocycles. The van der Waals surface area contributed by atoms with Gasteiger partial charge in [0.25, 0.3) is 0 Å². The van der Waals surface area contributed by atoms with E-state index in [0.717, 1.165) is 96.6 Å². The minimum absolute atomic E-state index is 0.0136. The molecular weight excluding hydrogens is 642 g/mol. The van der Waals surface area contributed by atoms with Crippen molar-refractivity contribution in [2.75, 3.05) is 39.5 Å². The minimum Gasteiger partial charge on any atom is -0.466 e. The first-order valence-electron chi connectivity index (χ1n) is 21.8. The van der Waals surface area contributed by atoms with Gasteiger partial charge in [0.05, 0.1) is 19.8 Å². The van der Waals surface area contributed by atoms with Gasteiger partial charge in [-0.05, 0) is 77.3 Å². The molecule has 0 amide bonds. The Hall–Kier alpha value is -1.67. The van der Waals surface area contributed by atoms with Gasteiger partial charge in [0, 0.05) is 25.8 Å². The highest BCUT2D eigenvalue weighted by molar-refractivity contribution is 5.72. The number of rotatable bonds is 40. The van der Waals surface area contributed by atoms with Gasteiger partial charge in [-0.15, -0.1) is 0 Å². The molecule has 1 N–H and O–H groups in total. The molecule has 0 saturated carbocycles. The molecule has 0 heterocycles. The molecule has 0 aromatic rings. The zero-order valence-corrected chi connectivity index (χ0v) is 33.9. The number of hydrogen-bond acceptors (Lipinski definition) is 8. The van der Waals surface area contributed by atoms with Crippen molar-refractivity contribution in [3.63, 3.8) is 0 Å². The number of aliphatic hydroxyl groups is 1. The van der Waals surface area contributed by atoms with Gasteiger partial charge in [0.15, 0.2) is 0 Å². The van der Waals surface area contributed by atoms with Crippen molar-refractivity contribution in [3.05, 3.63) is 0 Å². The molecule has 0 aliphatic rings. The number of esters is 3. The predicted octanol–water partition coefficient (Wildman–Crippen LogP) is 11.0. The van der Waals surface area contributed by atoms with Crippen LogP contribution in [0.3, 0.4) is 0 Å². The lowest BCUT2D eigenvalue weighted by atomic mass is 10.0. The van der Waals surface area contributed by atoms with E-state index in [1.165, 1.54) is 83.5 Å². The maximum atomic E-state index is 12.7. The highest BCUT2D eigenvalue weighted by Gasteiger charge is 2.14. The average molecular weight is 726 g/mol. The second kappa shape index (κ2) is 39.5. The summed E-state index contributed by atoms with van der Waals surface area (Å²) in [5, 5.41) is 9.51. The Labute approximate surface area is 314 Å². The molecule has 0 aliphatic carbocycles. The van der Waals surface area contributed by atoms with Gasteiger partial charge in [0.2, 0.25) is 0 Å². The Morgan fingerprint density at radius 3 is 1.35 bits per heavy atom. The molecule has 8 heteroatoms. The second-order valence-electron chi connectivity index (χ2n) is 14.7. The predicted molar refractivity (Wildman–Crippen MR) is 211 cm³/mol. The van der Waals surface area contributed by atoms with Crippen LogP contribution in [0, 0.1) is 0 Å². The van der Waals surface area contributed by atoms with E-state index in [1.807, 2.05) is 0 Å². The smallest absolute Gasteiger partial charge is 0.306 e. The number of nitrogens with zero attached hydrogens (tertiary/aromatic N) is 1. The van der Waals surface area contributed by atoms with Crippen LogP contribution in [0.5, 0.6) is 0 Å². The van der Waals surface area contributed by atoms with Gasteiger partial charge < -0.3 is 24.2 Å². The van der Waals surface area contributed by atoms with Crippen LogP contribution in [0.2, 0.25) is 0 Å². The topological polar surface area (TPSA) is 102 Å². The Morgan fingerprint density at radius 1 is 0.451 bits per heavy atom. The Morgan fingerprint density at radius 2 is 0.843 bits per heavy atom. The Balaban J connectivity index is 4.01. The number of ether oxygens (including phenoxy) is 3. The fraction of sp³-hybridized carbons (Fsp3) is 0.930. The van der Waals surface area contributed by atoms with Crippen molar-refractivity contribution in [2.24, 2.45) is 0 Å². The molecule has 0 unspecified atom stereocenters. The summed E-state index contributed by atoms with van der Waals surface area (Å²) in [6.07, 6.45) is 31.3. The number of carbonyl (C=O) groups is 3. The summed E-state index contributed by atoms with van der Waals surface area (Å²) in [7, 11) is 0. The van der Waals surface area contributed by atoms with Crippen LogP contribution < -0.4 is 0 Å². The molecule has 0 fully saturated rings. The van der Waals surface area contributed by atoms with Crippen molar-refractivity contribution in [3.8, 4) is 0 Å².